The molecule has 392 valence electrons. The van der Waals surface area contributed by atoms with Crippen LogP contribution in [0.2, 0.25) is 0 Å². The van der Waals surface area contributed by atoms with E-state index in [1.165, 1.54) is 14.2 Å². The maximum Gasteiger partial charge on any atom is 0.305 e. The van der Waals surface area contributed by atoms with E-state index in [4.69, 9.17) is 24.1 Å². The van der Waals surface area contributed by atoms with Crippen molar-refractivity contribution in [2.45, 2.75) is 147 Å². The predicted molar refractivity (Wildman–Crippen MR) is 260 cm³/mol. The van der Waals surface area contributed by atoms with Crippen LogP contribution in [0.3, 0.4) is 0 Å². The van der Waals surface area contributed by atoms with Crippen LogP contribution >= 0.6 is 0 Å². The van der Waals surface area contributed by atoms with Gasteiger partial charge in [0.1, 0.15) is 12.1 Å². The number of sulfonamides is 1. The Morgan fingerprint density at radius 2 is 1.46 bits per heavy atom. The molecule has 1 heterocycles. The maximum atomic E-state index is 14.6. The van der Waals surface area contributed by atoms with Crippen molar-refractivity contribution in [2.75, 3.05) is 67.8 Å². The smallest absolute Gasteiger partial charge is 0.305 e. The van der Waals surface area contributed by atoms with Gasteiger partial charge in [-0.2, -0.15) is 0 Å². The molecule has 9 atom stereocenters. The van der Waals surface area contributed by atoms with Crippen LogP contribution in [0, 0.1) is 23.7 Å². The number of ether oxygens (including phenoxy) is 4. The van der Waals surface area contributed by atoms with Crippen LogP contribution in [-0.4, -0.2) is 179 Å². The molecule has 1 aromatic carbocycles. The first-order valence-corrected chi connectivity index (χ1v) is 26.0. The summed E-state index contributed by atoms with van der Waals surface area (Å²) in [6.07, 6.45) is 1.14. The van der Waals surface area contributed by atoms with E-state index in [0.717, 1.165) is 5.56 Å². The number of nitrogens with one attached hydrogen (secondary N) is 3. The zero-order valence-electron chi connectivity index (χ0n) is 42.8. The normalized spacial score (nSPS) is 18.8. The first-order valence-electron chi connectivity index (χ1n) is 24.5. The highest BCUT2D eigenvalue weighted by molar-refractivity contribution is 7.90. The van der Waals surface area contributed by atoms with Crippen LogP contribution in [0.1, 0.15) is 99.0 Å². The Morgan fingerprint density at radius 1 is 0.826 bits per heavy atom. The lowest BCUT2D eigenvalue weighted by molar-refractivity contribution is -0.148. The third kappa shape index (κ3) is 17.9. The van der Waals surface area contributed by atoms with Crippen molar-refractivity contribution in [3.63, 3.8) is 0 Å². The molecule has 4 N–H and O–H groups in total. The molecule has 2 fully saturated rings. The summed E-state index contributed by atoms with van der Waals surface area (Å²) in [5.41, 5.74) is 0.726. The minimum absolute atomic E-state index is 0.0538. The lowest BCUT2D eigenvalue weighted by Crippen LogP contribution is -2.60. The van der Waals surface area contributed by atoms with E-state index in [-0.39, 0.29) is 74.6 Å². The number of amides is 5. The average molecular weight is 995 g/mol. The SMILES string of the molecule is CCC(C)C(C(CC(=O)N1CCCC1C(OC)C(C)C(=O)NC(Cc1ccccc1)C(=O)NS(=O)(=O)C1CC1)OC)N(C)C(=O)C(NC(=O)C(C(C)C)N(C)CCOCCOCCC(=O)O)C(C)C. The molecule has 3 rings (SSSR count). The van der Waals surface area contributed by atoms with Gasteiger partial charge in [-0.3, -0.25) is 38.4 Å². The Morgan fingerprint density at radius 3 is 2.01 bits per heavy atom. The monoisotopic (exact) mass is 995 g/mol. The second kappa shape index (κ2) is 28.6. The third-order valence-corrected chi connectivity index (χ3v) is 15.2. The zero-order chi connectivity index (χ0) is 51.6. The van der Waals surface area contributed by atoms with E-state index in [1.807, 2.05) is 59.6 Å². The summed E-state index contributed by atoms with van der Waals surface area (Å²) in [5, 5.41) is 14.0. The van der Waals surface area contributed by atoms with E-state index in [9.17, 15) is 37.2 Å². The summed E-state index contributed by atoms with van der Waals surface area (Å²) in [5.74, 6) is -4.56. The molecule has 1 aromatic rings. The summed E-state index contributed by atoms with van der Waals surface area (Å²) in [6.45, 7) is 15.0. The topological polar surface area (TPSA) is 240 Å². The molecule has 5 amide bonds. The summed E-state index contributed by atoms with van der Waals surface area (Å²) in [7, 11) is 2.59. The number of benzene rings is 1. The fraction of sp³-hybridized carbons (Fsp3) is 0.755. The number of carbonyl (C=O) groups is 6. The van der Waals surface area contributed by atoms with Gasteiger partial charge < -0.3 is 44.5 Å². The van der Waals surface area contributed by atoms with Crippen molar-refractivity contribution in [1.82, 2.24) is 30.1 Å². The molecule has 1 saturated carbocycles. The van der Waals surface area contributed by atoms with Crippen molar-refractivity contribution in [1.29, 1.82) is 0 Å². The van der Waals surface area contributed by atoms with E-state index in [2.05, 4.69) is 15.4 Å². The van der Waals surface area contributed by atoms with Crippen molar-refractivity contribution < 1.29 is 61.2 Å². The molecule has 1 saturated heterocycles. The highest BCUT2D eigenvalue weighted by Gasteiger charge is 2.44. The van der Waals surface area contributed by atoms with Crippen LogP contribution in [-0.2, 0) is 64.2 Å². The molecule has 0 aromatic heterocycles. The summed E-state index contributed by atoms with van der Waals surface area (Å²) >= 11 is 0. The molecule has 1 aliphatic heterocycles. The molecule has 0 bridgehead atoms. The van der Waals surface area contributed by atoms with Crippen molar-refractivity contribution >= 4 is 45.5 Å². The van der Waals surface area contributed by atoms with E-state index >= 15 is 0 Å². The van der Waals surface area contributed by atoms with Gasteiger partial charge >= 0.3 is 5.97 Å². The van der Waals surface area contributed by atoms with Gasteiger partial charge in [0.05, 0.1) is 80.8 Å². The molecule has 9 unspecified atom stereocenters. The minimum atomic E-state index is -3.88. The summed E-state index contributed by atoms with van der Waals surface area (Å²) < 4.78 is 50.6. The second-order valence-electron chi connectivity index (χ2n) is 19.3. The number of nitrogens with zero attached hydrogens (tertiary/aromatic N) is 3. The number of aliphatic carboxylic acids is 1. The number of carboxylic acid groups (broad SMARTS) is 1. The number of likely N-dealkylation sites (tertiary alicyclic amines) is 1. The Kier molecular flexibility index (Phi) is 24.5. The lowest BCUT2D eigenvalue weighted by atomic mass is 9.89. The molecule has 1 aliphatic carbocycles. The number of carbonyl (C=O) groups excluding carboxylic acids is 5. The molecule has 2 aliphatic rings. The highest BCUT2D eigenvalue weighted by Crippen LogP contribution is 2.30. The molecule has 20 heteroatoms. The number of rotatable bonds is 32. The number of hydrogen-bond donors (Lipinski definition) is 4. The van der Waals surface area contributed by atoms with Crippen molar-refractivity contribution in [2.24, 2.45) is 23.7 Å². The fourth-order valence-corrected chi connectivity index (χ4v) is 10.5. The van der Waals surface area contributed by atoms with E-state index in [1.54, 1.807) is 48.0 Å². The number of hydrogen-bond acceptors (Lipinski definition) is 13. The Hall–Kier alpha value is -4.21. The minimum Gasteiger partial charge on any atom is -0.481 e. The summed E-state index contributed by atoms with van der Waals surface area (Å²) in [4.78, 5) is 86.4. The fourth-order valence-electron chi connectivity index (χ4n) is 9.15. The van der Waals surface area contributed by atoms with Gasteiger partial charge in [0.25, 0.3) is 5.91 Å². The molecular weight excluding hydrogens is 913 g/mol. The largest absolute Gasteiger partial charge is 0.481 e. The van der Waals surface area contributed by atoms with Gasteiger partial charge in [-0.05, 0) is 56.0 Å². The number of likely N-dealkylation sites (N-methyl/N-ethyl adjacent to an activating group) is 2. The molecule has 0 radical (unpaired) electrons. The van der Waals surface area contributed by atoms with E-state index in [0.29, 0.717) is 51.8 Å². The Balaban J connectivity index is 1.74. The zero-order valence-corrected chi connectivity index (χ0v) is 43.6. The highest BCUT2D eigenvalue weighted by atomic mass is 32.2. The van der Waals surface area contributed by atoms with Gasteiger partial charge in [-0.1, -0.05) is 85.2 Å². The van der Waals surface area contributed by atoms with Gasteiger partial charge in [-0.15, -0.1) is 0 Å². The van der Waals surface area contributed by atoms with Crippen LogP contribution in [0.25, 0.3) is 0 Å². The van der Waals surface area contributed by atoms with Crippen LogP contribution in [0.5, 0.6) is 0 Å². The van der Waals surface area contributed by atoms with Crippen molar-refractivity contribution in [3.8, 4) is 0 Å². The predicted octanol–water partition coefficient (Wildman–Crippen LogP) is 2.85. The van der Waals surface area contributed by atoms with Gasteiger partial charge in [0.2, 0.25) is 33.7 Å². The second-order valence-corrected chi connectivity index (χ2v) is 21.3. The van der Waals surface area contributed by atoms with E-state index < -0.39 is 81.4 Å². The van der Waals surface area contributed by atoms with Gasteiger partial charge in [0.15, 0.2) is 0 Å². The van der Waals surface area contributed by atoms with Crippen LogP contribution in [0.15, 0.2) is 30.3 Å². The van der Waals surface area contributed by atoms with Crippen molar-refractivity contribution in [3.05, 3.63) is 35.9 Å². The number of carboxylic acids is 1. The van der Waals surface area contributed by atoms with Crippen LogP contribution < -0.4 is 15.4 Å². The molecular formula is C49H82N6O13S. The molecule has 69 heavy (non-hydrogen) atoms. The molecule has 19 nitrogen and oxygen atoms in total. The lowest BCUT2D eigenvalue weighted by Gasteiger charge is -2.41. The Bertz CT molecular complexity index is 1920. The van der Waals surface area contributed by atoms with Gasteiger partial charge in [-0.25, -0.2) is 8.42 Å². The quantitative estimate of drug-likeness (QED) is 0.0760. The third-order valence-electron chi connectivity index (χ3n) is 13.4. The molecule has 0 spiro atoms. The average Bonchev–Trinajstić information content (AvgIpc) is 4.06. The standard InChI is InChI=1S/C49H82N6O13S/c1-12-33(6)44(54(9)49(62)42(31(2)3)51-48(61)43(32(4)5)53(8)24-26-68-28-27-67-25-22-41(57)58)39(65-10)30-40(56)55-23-16-19-38(55)45(66-11)34(7)46(59)50-37(29-35-17-14-13-15-18-35)47(60)52-69(63,64)36-20-21-36/h13-15,17-18,31-34,36-39,42-45H,12,16,19-30H2,1-11H3,(H,50,59)(H,51,61)(H,52,60)(H,57,58). The first kappa shape index (κ1) is 59.1. The number of methoxy groups -OCH3 is 2. The van der Waals surface area contributed by atoms with Gasteiger partial charge in [0, 0.05) is 40.8 Å². The first-order chi connectivity index (χ1) is 32.6. The Labute approximate surface area is 410 Å². The summed E-state index contributed by atoms with van der Waals surface area (Å²) in [6, 6.07) is 5.23. The maximum absolute atomic E-state index is 14.6. The van der Waals surface area contributed by atoms with Crippen LogP contribution in [0.4, 0.5) is 0 Å².